The second kappa shape index (κ2) is 5.46. The molecule has 94 valence electrons. The molecule has 0 bridgehead atoms. The summed E-state index contributed by atoms with van der Waals surface area (Å²) in [5.41, 5.74) is 6.60. The van der Waals surface area contributed by atoms with Crippen LogP contribution in [0.4, 0.5) is 4.39 Å². The van der Waals surface area contributed by atoms with Crippen LogP contribution in [0.1, 0.15) is 18.5 Å². The Morgan fingerprint density at radius 3 is 2.89 bits per heavy atom. The van der Waals surface area contributed by atoms with Crippen molar-refractivity contribution in [3.05, 3.63) is 52.4 Å². The molecule has 0 saturated heterocycles. The number of halogens is 2. The largest absolute Gasteiger partial charge is 0.437 e. The first-order chi connectivity index (χ1) is 8.58. The molecule has 1 aromatic heterocycles. The fourth-order valence-corrected chi connectivity index (χ4v) is 1.82. The van der Waals surface area contributed by atoms with Gasteiger partial charge in [-0.1, -0.05) is 6.07 Å². The molecular weight excluding hydrogens is 299 g/mol. The SMILES string of the molecule is C[C@@H](N)c1cccnc1Oc1cc(F)ccc1Br. The van der Waals surface area contributed by atoms with Crippen molar-refractivity contribution in [1.29, 1.82) is 0 Å². The maximum Gasteiger partial charge on any atom is 0.224 e. The third-order valence-electron chi connectivity index (χ3n) is 2.39. The summed E-state index contributed by atoms with van der Waals surface area (Å²) < 4.78 is 19.4. The Labute approximate surface area is 113 Å². The summed E-state index contributed by atoms with van der Waals surface area (Å²) in [5.74, 6) is 0.390. The van der Waals surface area contributed by atoms with Gasteiger partial charge >= 0.3 is 0 Å². The molecule has 0 spiro atoms. The summed E-state index contributed by atoms with van der Waals surface area (Å²) in [6.07, 6.45) is 1.61. The highest BCUT2D eigenvalue weighted by Crippen LogP contribution is 2.32. The number of hydrogen-bond acceptors (Lipinski definition) is 3. The van der Waals surface area contributed by atoms with Crippen molar-refractivity contribution in [2.45, 2.75) is 13.0 Å². The molecular formula is C13H12BrFN2O. The molecule has 0 fully saturated rings. The Hall–Kier alpha value is -1.46. The van der Waals surface area contributed by atoms with Crippen LogP contribution < -0.4 is 10.5 Å². The molecule has 1 atom stereocenters. The third-order valence-corrected chi connectivity index (χ3v) is 3.05. The topological polar surface area (TPSA) is 48.1 Å². The lowest BCUT2D eigenvalue weighted by atomic mass is 10.1. The van der Waals surface area contributed by atoms with Gasteiger partial charge in [0.15, 0.2) is 0 Å². The Morgan fingerprint density at radius 1 is 1.39 bits per heavy atom. The van der Waals surface area contributed by atoms with Gasteiger partial charge in [0.2, 0.25) is 5.88 Å². The summed E-state index contributed by atoms with van der Waals surface area (Å²) >= 11 is 3.30. The number of rotatable bonds is 3. The van der Waals surface area contributed by atoms with Crippen LogP contribution in [0, 0.1) is 5.82 Å². The molecule has 0 amide bonds. The summed E-state index contributed by atoms with van der Waals surface area (Å²) in [6.45, 7) is 1.84. The van der Waals surface area contributed by atoms with Gasteiger partial charge < -0.3 is 10.5 Å². The summed E-state index contributed by atoms with van der Waals surface area (Å²) in [5, 5.41) is 0. The van der Waals surface area contributed by atoms with Gasteiger partial charge in [-0.2, -0.15) is 0 Å². The molecule has 0 aliphatic carbocycles. The normalized spacial score (nSPS) is 12.2. The van der Waals surface area contributed by atoms with E-state index in [4.69, 9.17) is 10.5 Å². The first kappa shape index (κ1) is 13.0. The molecule has 2 N–H and O–H groups in total. The van der Waals surface area contributed by atoms with E-state index in [-0.39, 0.29) is 11.9 Å². The number of aromatic nitrogens is 1. The smallest absolute Gasteiger partial charge is 0.224 e. The van der Waals surface area contributed by atoms with Gasteiger partial charge in [-0.3, -0.25) is 0 Å². The highest BCUT2D eigenvalue weighted by Gasteiger charge is 2.12. The fourth-order valence-electron chi connectivity index (χ4n) is 1.49. The fraction of sp³-hybridized carbons (Fsp3) is 0.154. The number of nitrogens with two attached hydrogens (primary N) is 1. The van der Waals surface area contributed by atoms with Crippen molar-refractivity contribution < 1.29 is 9.13 Å². The highest BCUT2D eigenvalue weighted by molar-refractivity contribution is 9.10. The van der Waals surface area contributed by atoms with Crippen LogP contribution in [0.25, 0.3) is 0 Å². The lowest BCUT2D eigenvalue weighted by Crippen LogP contribution is -2.07. The minimum absolute atomic E-state index is 0.207. The molecule has 0 aliphatic heterocycles. The first-order valence-electron chi connectivity index (χ1n) is 5.41. The molecule has 1 aromatic carbocycles. The van der Waals surface area contributed by atoms with Crippen LogP contribution in [0.2, 0.25) is 0 Å². The predicted octanol–water partition coefficient (Wildman–Crippen LogP) is 3.80. The number of hydrogen-bond donors (Lipinski definition) is 1. The van der Waals surface area contributed by atoms with Crippen LogP contribution in [0.3, 0.4) is 0 Å². The highest BCUT2D eigenvalue weighted by atomic mass is 79.9. The summed E-state index contributed by atoms with van der Waals surface area (Å²) in [4.78, 5) is 4.12. The Balaban J connectivity index is 2.37. The average molecular weight is 311 g/mol. The average Bonchev–Trinajstić information content (AvgIpc) is 2.34. The number of pyridine rings is 1. The Morgan fingerprint density at radius 2 is 2.17 bits per heavy atom. The molecule has 18 heavy (non-hydrogen) atoms. The molecule has 2 aromatic rings. The molecule has 3 nitrogen and oxygen atoms in total. The summed E-state index contributed by atoms with van der Waals surface area (Å²) in [6, 6.07) is 7.64. The Kier molecular flexibility index (Phi) is 3.93. The molecule has 2 rings (SSSR count). The predicted molar refractivity (Wildman–Crippen MR) is 71.0 cm³/mol. The number of benzene rings is 1. The second-order valence-corrected chi connectivity index (χ2v) is 4.72. The van der Waals surface area contributed by atoms with E-state index in [2.05, 4.69) is 20.9 Å². The van der Waals surface area contributed by atoms with E-state index in [9.17, 15) is 4.39 Å². The van der Waals surface area contributed by atoms with E-state index >= 15 is 0 Å². The number of ether oxygens (including phenoxy) is 1. The Bertz CT molecular complexity index is 560. The van der Waals surface area contributed by atoms with Gasteiger partial charge in [0.05, 0.1) is 4.47 Å². The van der Waals surface area contributed by atoms with Crippen LogP contribution in [-0.2, 0) is 0 Å². The van der Waals surface area contributed by atoms with E-state index in [1.807, 2.05) is 13.0 Å². The minimum atomic E-state index is -0.369. The van der Waals surface area contributed by atoms with Gasteiger partial charge in [-0.05, 0) is 41.1 Å². The van der Waals surface area contributed by atoms with Crippen LogP contribution in [0.15, 0.2) is 41.0 Å². The lowest BCUT2D eigenvalue weighted by Gasteiger charge is -2.13. The van der Waals surface area contributed by atoms with E-state index in [1.54, 1.807) is 18.3 Å². The van der Waals surface area contributed by atoms with E-state index in [0.29, 0.717) is 16.1 Å². The van der Waals surface area contributed by atoms with E-state index in [1.165, 1.54) is 12.1 Å². The monoisotopic (exact) mass is 310 g/mol. The van der Waals surface area contributed by atoms with Gasteiger partial charge in [-0.25, -0.2) is 9.37 Å². The first-order valence-corrected chi connectivity index (χ1v) is 6.20. The van der Waals surface area contributed by atoms with Crippen molar-refractivity contribution in [2.75, 3.05) is 0 Å². The zero-order valence-corrected chi connectivity index (χ0v) is 11.3. The lowest BCUT2D eigenvalue weighted by molar-refractivity contribution is 0.445. The van der Waals surface area contributed by atoms with Crippen molar-refractivity contribution in [3.8, 4) is 11.6 Å². The van der Waals surface area contributed by atoms with Crippen molar-refractivity contribution in [3.63, 3.8) is 0 Å². The molecule has 0 saturated carbocycles. The second-order valence-electron chi connectivity index (χ2n) is 3.86. The van der Waals surface area contributed by atoms with E-state index < -0.39 is 0 Å². The minimum Gasteiger partial charge on any atom is -0.437 e. The molecule has 0 unspecified atom stereocenters. The van der Waals surface area contributed by atoms with Crippen LogP contribution in [-0.4, -0.2) is 4.98 Å². The molecule has 0 radical (unpaired) electrons. The van der Waals surface area contributed by atoms with E-state index in [0.717, 1.165) is 5.56 Å². The zero-order valence-electron chi connectivity index (χ0n) is 9.73. The zero-order chi connectivity index (χ0) is 13.1. The van der Waals surface area contributed by atoms with Crippen LogP contribution in [0.5, 0.6) is 11.6 Å². The number of nitrogens with zero attached hydrogens (tertiary/aromatic N) is 1. The third kappa shape index (κ3) is 2.86. The molecule has 0 aliphatic rings. The van der Waals surface area contributed by atoms with Gasteiger partial charge in [-0.15, -0.1) is 0 Å². The maximum atomic E-state index is 13.2. The van der Waals surface area contributed by atoms with Crippen LogP contribution >= 0.6 is 15.9 Å². The van der Waals surface area contributed by atoms with Crippen molar-refractivity contribution in [1.82, 2.24) is 4.98 Å². The molecule has 5 heteroatoms. The molecule has 1 heterocycles. The maximum absolute atomic E-state index is 13.2. The van der Waals surface area contributed by atoms with Gasteiger partial charge in [0.25, 0.3) is 0 Å². The summed E-state index contributed by atoms with van der Waals surface area (Å²) in [7, 11) is 0. The van der Waals surface area contributed by atoms with Gasteiger partial charge in [0.1, 0.15) is 11.6 Å². The standard InChI is InChI=1S/C13H12BrFN2O/c1-8(16)10-3-2-6-17-13(10)18-12-7-9(15)4-5-11(12)14/h2-8H,16H2,1H3/t8-/m1/s1. The quantitative estimate of drug-likeness (QED) is 0.938. The van der Waals surface area contributed by atoms with Crippen molar-refractivity contribution in [2.24, 2.45) is 5.73 Å². The van der Waals surface area contributed by atoms with Crippen molar-refractivity contribution >= 4 is 15.9 Å². The van der Waals surface area contributed by atoms with Gasteiger partial charge in [0, 0.05) is 23.9 Å².